The fourth-order valence-corrected chi connectivity index (χ4v) is 2.96. The Morgan fingerprint density at radius 2 is 2.00 bits per heavy atom. The third kappa shape index (κ3) is 4.96. The molecule has 5 nitrogen and oxygen atoms in total. The summed E-state index contributed by atoms with van der Waals surface area (Å²) in [5.41, 5.74) is 0. The Balaban J connectivity index is 2.51. The number of aliphatic carboxylic acids is 1. The first-order valence-electron chi connectivity index (χ1n) is 6.63. The highest BCUT2D eigenvalue weighted by atomic mass is 16.4. The van der Waals surface area contributed by atoms with Crippen molar-refractivity contribution >= 4 is 13.1 Å². The van der Waals surface area contributed by atoms with Gasteiger partial charge in [0.1, 0.15) is 0 Å². The van der Waals surface area contributed by atoms with Crippen LogP contribution in [0.2, 0.25) is 6.32 Å². The fraction of sp³-hybridized carbons (Fsp3) is 0.917. The summed E-state index contributed by atoms with van der Waals surface area (Å²) in [6, 6.07) is 0. The lowest BCUT2D eigenvalue weighted by Crippen LogP contribution is -2.37. The summed E-state index contributed by atoms with van der Waals surface area (Å²) in [5, 5.41) is 27.0. The van der Waals surface area contributed by atoms with Crippen LogP contribution in [-0.2, 0) is 4.79 Å². The summed E-state index contributed by atoms with van der Waals surface area (Å²) in [5.74, 6) is -0.475. The van der Waals surface area contributed by atoms with Crippen LogP contribution in [0.3, 0.4) is 0 Å². The van der Waals surface area contributed by atoms with E-state index in [1.807, 2.05) is 19.0 Å². The van der Waals surface area contributed by atoms with Crippen LogP contribution in [0.4, 0.5) is 0 Å². The van der Waals surface area contributed by atoms with Gasteiger partial charge in [0.2, 0.25) is 0 Å². The SMILES string of the molecule is CN(C)C[C@@H]1CCC(CCB(O)O)C[C@@H]1C(=O)O. The maximum Gasteiger partial charge on any atom is 0.451 e. The highest BCUT2D eigenvalue weighted by Crippen LogP contribution is 2.36. The molecule has 1 aliphatic rings. The van der Waals surface area contributed by atoms with E-state index in [2.05, 4.69) is 0 Å². The zero-order chi connectivity index (χ0) is 13.7. The third-order valence-corrected chi connectivity index (χ3v) is 3.85. The second-order valence-corrected chi connectivity index (χ2v) is 5.70. The lowest BCUT2D eigenvalue weighted by Gasteiger charge is -2.35. The van der Waals surface area contributed by atoms with Gasteiger partial charge in [0.15, 0.2) is 0 Å². The van der Waals surface area contributed by atoms with Gasteiger partial charge in [0, 0.05) is 6.54 Å². The molecule has 0 bridgehead atoms. The van der Waals surface area contributed by atoms with Gasteiger partial charge >= 0.3 is 13.1 Å². The quantitative estimate of drug-likeness (QED) is 0.605. The first-order valence-corrected chi connectivity index (χ1v) is 6.63. The van der Waals surface area contributed by atoms with Crippen molar-refractivity contribution in [1.82, 2.24) is 4.90 Å². The van der Waals surface area contributed by atoms with Crippen LogP contribution in [0.15, 0.2) is 0 Å². The molecule has 3 atom stereocenters. The predicted octanol–water partition coefficient (Wildman–Crippen LogP) is 0.528. The Kier molecular flexibility index (Phi) is 6.12. The molecule has 1 saturated carbocycles. The third-order valence-electron chi connectivity index (χ3n) is 3.85. The summed E-state index contributed by atoms with van der Waals surface area (Å²) in [6.45, 7) is 0.812. The average Bonchev–Trinajstić information content (AvgIpc) is 2.26. The number of rotatable bonds is 6. The van der Waals surface area contributed by atoms with Crippen LogP contribution in [0.25, 0.3) is 0 Å². The molecule has 18 heavy (non-hydrogen) atoms. The largest absolute Gasteiger partial charge is 0.481 e. The Morgan fingerprint density at radius 1 is 1.33 bits per heavy atom. The van der Waals surface area contributed by atoms with Crippen LogP contribution in [-0.4, -0.2) is 53.8 Å². The van der Waals surface area contributed by atoms with E-state index in [1.54, 1.807) is 0 Å². The first kappa shape index (κ1) is 15.5. The van der Waals surface area contributed by atoms with E-state index in [0.29, 0.717) is 25.1 Å². The first-order chi connectivity index (χ1) is 8.40. The molecule has 1 fully saturated rings. The molecule has 0 spiro atoms. The molecule has 0 aromatic carbocycles. The van der Waals surface area contributed by atoms with Gasteiger partial charge in [-0.2, -0.15) is 0 Å². The van der Waals surface area contributed by atoms with E-state index in [9.17, 15) is 9.90 Å². The standard InChI is InChI=1S/C12H24BNO4/c1-14(2)8-10-4-3-9(5-6-13(17)18)7-11(10)12(15)16/h9-11,17-18H,3-8H2,1-2H3,(H,15,16)/t9?,10-,11-/m0/s1. The van der Waals surface area contributed by atoms with Crippen LogP contribution in [0.5, 0.6) is 0 Å². The molecule has 1 unspecified atom stereocenters. The molecule has 0 heterocycles. The predicted molar refractivity (Wildman–Crippen MR) is 70.1 cm³/mol. The highest BCUT2D eigenvalue weighted by Gasteiger charge is 2.35. The van der Waals surface area contributed by atoms with E-state index in [0.717, 1.165) is 19.4 Å². The smallest absolute Gasteiger partial charge is 0.451 e. The summed E-state index contributed by atoms with van der Waals surface area (Å²) in [6.07, 6.45) is 3.63. The summed E-state index contributed by atoms with van der Waals surface area (Å²) < 4.78 is 0. The number of nitrogens with zero attached hydrogens (tertiary/aromatic N) is 1. The van der Waals surface area contributed by atoms with Gasteiger partial charge in [-0.3, -0.25) is 4.79 Å². The van der Waals surface area contributed by atoms with E-state index < -0.39 is 13.1 Å². The lowest BCUT2D eigenvalue weighted by molar-refractivity contribution is -0.146. The van der Waals surface area contributed by atoms with Crippen molar-refractivity contribution in [3.8, 4) is 0 Å². The minimum absolute atomic E-state index is 0.216. The molecule has 1 aliphatic carbocycles. The van der Waals surface area contributed by atoms with Crippen molar-refractivity contribution in [3.05, 3.63) is 0 Å². The molecule has 0 aromatic heterocycles. The van der Waals surface area contributed by atoms with Gasteiger partial charge in [0.25, 0.3) is 0 Å². The normalized spacial score (nSPS) is 28.4. The molecule has 0 saturated heterocycles. The molecule has 104 valence electrons. The zero-order valence-electron chi connectivity index (χ0n) is 11.2. The molecule has 0 amide bonds. The van der Waals surface area contributed by atoms with Crippen molar-refractivity contribution in [3.63, 3.8) is 0 Å². The Hall–Kier alpha value is -0.585. The molecular weight excluding hydrogens is 233 g/mol. The van der Waals surface area contributed by atoms with Crippen molar-refractivity contribution in [2.24, 2.45) is 17.8 Å². The topological polar surface area (TPSA) is 81.0 Å². The van der Waals surface area contributed by atoms with Crippen LogP contribution in [0.1, 0.15) is 25.7 Å². The van der Waals surface area contributed by atoms with Crippen LogP contribution in [0, 0.1) is 17.8 Å². The lowest BCUT2D eigenvalue weighted by atomic mass is 9.70. The number of carboxylic acids is 1. The monoisotopic (exact) mass is 257 g/mol. The van der Waals surface area contributed by atoms with Gasteiger partial charge in [-0.15, -0.1) is 0 Å². The molecule has 0 aliphatic heterocycles. The van der Waals surface area contributed by atoms with Gasteiger partial charge in [-0.1, -0.05) is 12.8 Å². The molecule has 3 N–H and O–H groups in total. The minimum atomic E-state index is -1.27. The van der Waals surface area contributed by atoms with Crippen LogP contribution >= 0.6 is 0 Å². The van der Waals surface area contributed by atoms with Crippen molar-refractivity contribution in [1.29, 1.82) is 0 Å². The number of hydrogen-bond donors (Lipinski definition) is 3. The molecular formula is C12H24BNO4. The van der Waals surface area contributed by atoms with E-state index in [1.165, 1.54) is 0 Å². The second kappa shape index (κ2) is 7.11. The maximum absolute atomic E-state index is 11.3. The Labute approximate surface area is 109 Å². The minimum Gasteiger partial charge on any atom is -0.481 e. The summed E-state index contributed by atoms with van der Waals surface area (Å²) in [7, 11) is 2.66. The summed E-state index contributed by atoms with van der Waals surface area (Å²) in [4.78, 5) is 13.4. The molecule has 0 radical (unpaired) electrons. The fourth-order valence-electron chi connectivity index (χ4n) is 2.96. The molecule has 1 rings (SSSR count). The van der Waals surface area contributed by atoms with Gasteiger partial charge in [-0.25, -0.2) is 0 Å². The Bertz CT molecular complexity index is 273. The van der Waals surface area contributed by atoms with Crippen molar-refractivity contribution in [2.45, 2.75) is 32.0 Å². The van der Waals surface area contributed by atoms with Crippen molar-refractivity contribution in [2.75, 3.05) is 20.6 Å². The molecule has 6 heteroatoms. The molecule has 0 aromatic rings. The van der Waals surface area contributed by atoms with E-state index >= 15 is 0 Å². The van der Waals surface area contributed by atoms with Crippen molar-refractivity contribution < 1.29 is 19.9 Å². The summed E-state index contributed by atoms with van der Waals surface area (Å²) >= 11 is 0. The van der Waals surface area contributed by atoms with E-state index in [-0.39, 0.29) is 11.8 Å². The number of carbonyl (C=O) groups is 1. The number of carboxylic acid groups (broad SMARTS) is 1. The van der Waals surface area contributed by atoms with Gasteiger partial charge in [0.05, 0.1) is 5.92 Å². The second-order valence-electron chi connectivity index (χ2n) is 5.70. The van der Waals surface area contributed by atoms with E-state index in [4.69, 9.17) is 10.0 Å². The Morgan fingerprint density at radius 3 is 2.50 bits per heavy atom. The van der Waals surface area contributed by atoms with Crippen LogP contribution < -0.4 is 0 Å². The average molecular weight is 257 g/mol. The highest BCUT2D eigenvalue weighted by molar-refractivity contribution is 6.40. The number of hydrogen-bond acceptors (Lipinski definition) is 4. The maximum atomic E-state index is 11.3. The zero-order valence-corrected chi connectivity index (χ0v) is 11.2. The van der Waals surface area contributed by atoms with Gasteiger partial charge in [-0.05, 0) is 45.1 Å². The van der Waals surface area contributed by atoms with Gasteiger partial charge < -0.3 is 20.1 Å².